The molecule has 0 N–H and O–H groups in total. The fraction of sp³-hybridized carbons (Fsp3) is 0.400. The zero-order chi connectivity index (χ0) is 9.26. The van der Waals surface area contributed by atoms with Crippen molar-refractivity contribution in [2.45, 2.75) is 19.3 Å². The van der Waals surface area contributed by atoms with Gasteiger partial charge in [-0.3, -0.25) is 0 Å². The van der Waals surface area contributed by atoms with Crippen molar-refractivity contribution in [3.8, 4) is 11.9 Å². The van der Waals surface area contributed by atoms with E-state index in [0.29, 0.717) is 11.4 Å². The van der Waals surface area contributed by atoms with E-state index in [1.807, 2.05) is 6.07 Å². The maximum absolute atomic E-state index is 8.81. The molecular formula is C10H10N2O. The summed E-state index contributed by atoms with van der Waals surface area (Å²) in [7, 11) is 1.55. The molecule has 1 aromatic heterocycles. The van der Waals surface area contributed by atoms with Gasteiger partial charge in [0, 0.05) is 5.69 Å². The van der Waals surface area contributed by atoms with Gasteiger partial charge in [-0.05, 0) is 30.9 Å². The Balaban J connectivity index is 2.55. The largest absolute Gasteiger partial charge is 0.480 e. The minimum atomic E-state index is 0.461. The minimum absolute atomic E-state index is 0.461. The van der Waals surface area contributed by atoms with Crippen LogP contribution < -0.4 is 4.74 Å². The number of nitriles is 1. The van der Waals surface area contributed by atoms with E-state index in [1.54, 1.807) is 7.11 Å². The third-order valence-corrected chi connectivity index (χ3v) is 2.33. The predicted molar refractivity (Wildman–Crippen MR) is 47.5 cm³/mol. The van der Waals surface area contributed by atoms with Crippen molar-refractivity contribution in [1.82, 2.24) is 4.98 Å². The average molecular weight is 174 g/mol. The van der Waals surface area contributed by atoms with E-state index in [-0.39, 0.29) is 0 Å². The van der Waals surface area contributed by atoms with E-state index in [2.05, 4.69) is 11.1 Å². The van der Waals surface area contributed by atoms with Crippen LogP contribution in [-0.4, -0.2) is 12.1 Å². The molecule has 0 spiro atoms. The van der Waals surface area contributed by atoms with Crippen LogP contribution in [0.2, 0.25) is 0 Å². The normalized spacial score (nSPS) is 13.5. The highest BCUT2D eigenvalue weighted by atomic mass is 16.5. The highest BCUT2D eigenvalue weighted by Gasteiger charge is 2.16. The number of methoxy groups -OCH3 is 1. The number of aryl methyl sites for hydroxylation is 2. The first-order chi connectivity index (χ1) is 6.35. The number of pyridine rings is 1. The fourth-order valence-corrected chi connectivity index (χ4v) is 1.69. The maximum Gasteiger partial charge on any atom is 0.231 e. The monoisotopic (exact) mass is 174 g/mol. The molecule has 0 saturated carbocycles. The summed E-state index contributed by atoms with van der Waals surface area (Å²) in [5.41, 5.74) is 2.84. The van der Waals surface area contributed by atoms with Gasteiger partial charge in [-0.1, -0.05) is 0 Å². The molecule has 0 atom stereocenters. The smallest absolute Gasteiger partial charge is 0.231 e. The van der Waals surface area contributed by atoms with Crippen molar-refractivity contribution < 1.29 is 4.74 Å². The Kier molecular flexibility index (Phi) is 1.90. The lowest BCUT2D eigenvalue weighted by Gasteiger charge is -2.04. The third-order valence-electron chi connectivity index (χ3n) is 2.33. The Bertz CT molecular complexity index is 379. The molecule has 0 unspecified atom stereocenters. The lowest BCUT2D eigenvalue weighted by Crippen LogP contribution is -1.96. The van der Waals surface area contributed by atoms with Crippen LogP contribution >= 0.6 is 0 Å². The Morgan fingerprint density at radius 1 is 1.54 bits per heavy atom. The van der Waals surface area contributed by atoms with E-state index in [4.69, 9.17) is 10.00 Å². The standard InChI is InChI=1S/C10H10N2O/c1-13-10-8(6-11)5-7-3-2-4-9(7)12-10/h5H,2-4H2,1H3. The first-order valence-electron chi connectivity index (χ1n) is 4.32. The Morgan fingerprint density at radius 2 is 2.38 bits per heavy atom. The van der Waals surface area contributed by atoms with Gasteiger partial charge in [-0.15, -0.1) is 0 Å². The molecule has 3 nitrogen and oxygen atoms in total. The van der Waals surface area contributed by atoms with Gasteiger partial charge < -0.3 is 4.74 Å². The topological polar surface area (TPSA) is 45.9 Å². The quantitative estimate of drug-likeness (QED) is 0.647. The first-order valence-corrected chi connectivity index (χ1v) is 4.32. The highest BCUT2D eigenvalue weighted by molar-refractivity contribution is 5.43. The van der Waals surface area contributed by atoms with E-state index >= 15 is 0 Å². The van der Waals surface area contributed by atoms with Crippen LogP contribution in [0.3, 0.4) is 0 Å². The molecule has 2 rings (SSSR count). The average Bonchev–Trinajstić information content (AvgIpc) is 2.62. The van der Waals surface area contributed by atoms with Crippen LogP contribution in [0, 0.1) is 11.3 Å². The zero-order valence-electron chi connectivity index (χ0n) is 7.50. The number of fused-ring (bicyclic) bond motifs is 1. The first kappa shape index (κ1) is 8.06. The third kappa shape index (κ3) is 1.25. The molecule has 0 aromatic carbocycles. The summed E-state index contributed by atoms with van der Waals surface area (Å²) in [6, 6.07) is 3.99. The molecule has 1 aliphatic carbocycles. The highest BCUT2D eigenvalue weighted by Crippen LogP contribution is 2.25. The lowest BCUT2D eigenvalue weighted by atomic mass is 10.1. The fourth-order valence-electron chi connectivity index (χ4n) is 1.69. The number of nitrogens with zero attached hydrogens (tertiary/aromatic N) is 2. The van der Waals surface area contributed by atoms with Crippen LogP contribution in [0.15, 0.2) is 6.07 Å². The second-order valence-electron chi connectivity index (χ2n) is 3.12. The van der Waals surface area contributed by atoms with E-state index in [1.165, 1.54) is 5.56 Å². The molecule has 66 valence electrons. The van der Waals surface area contributed by atoms with Crippen molar-refractivity contribution in [3.05, 3.63) is 22.9 Å². The molecule has 0 radical (unpaired) electrons. The second-order valence-corrected chi connectivity index (χ2v) is 3.12. The molecule has 1 aromatic rings. The number of ether oxygens (including phenoxy) is 1. The summed E-state index contributed by atoms with van der Waals surface area (Å²) in [5.74, 6) is 0.461. The summed E-state index contributed by atoms with van der Waals surface area (Å²) in [5, 5.41) is 8.81. The molecule has 0 bridgehead atoms. The van der Waals surface area contributed by atoms with Crippen molar-refractivity contribution in [1.29, 1.82) is 5.26 Å². The van der Waals surface area contributed by atoms with Crippen LogP contribution in [0.1, 0.15) is 23.2 Å². The molecule has 0 saturated heterocycles. The second kappa shape index (κ2) is 3.06. The molecule has 3 heteroatoms. The minimum Gasteiger partial charge on any atom is -0.480 e. The lowest BCUT2D eigenvalue weighted by molar-refractivity contribution is 0.395. The summed E-state index contributed by atoms with van der Waals surface area (Å²) in [6.45, 7) is 0. The van der Waals surface area contributed by atoms with Gasteiger partial charge >= 0.3 is 0 Å². The number of hydrogen-bond acceptors (Lipinski definition) is 3. The van der Waals surface area contributed by atoms with Crippen molar-refractivity contribution in [3.63, 3.8) is 0 Å². The number of rotatable bonds is 1. The van der Waals surface area contributed by atoms with E-state index in [9.17, 15) is 0 Å². The van der Waals surface area contributed by atoms with Gasteiger partial charge in [0.1, 0.15) is 11.6 Å². The van der Waals surface area contributed by atoms with Crippen LogP contribution in [0.4, 0.5) is 0 Å². The molecule has 1 heterocycles. The van der Waals surface area contributed by atoms with Crippen molar-refractivity contribution >= 4 is 0 Å². The van der Waals surface area contributed by atoms with Crippen molar-refractivity contribution in [2.24, 2.45) is 0 Å². The molecule has 0 fully saturated rings. The number of aromatic nitrogens is 1. The predicted octanol–water partition coefficient (Wildman–Crippen LogP) is 1.45. The number of hydrogen-bond donors (Lipinski definition) is 0. The van der Waals surface area contributed by atoms with Gasteiger partial charge in [0.05, 0.1) is 7.11 Å². The summed E-state index contributed by atoms with van der Waals surface area (Å²) < 4.78 is 5.03. The van der Waals surface area contributed by atoms with Gasteiger partial charge in [0.25, 0.3) is 0 Å². The SMILES string of the molecule is COc1nc2c(cc1C#N)CCC2. The van der Waals surface area contributed by atoms with Crippen molar-refractivity contribution in [2.75, 3.05) is 7.11 Å². The van der Waals surface area contributed by atoms with Crippen LogP contribution in [0.25, 0.3) is 0 Å². The zero-order valence-corrected chi connectivity index (χ0v) is 7.50. The van der Waals surface area contributed by atoms with E-state index < -0.39 is 0 Å². The Hall–Kier alpha value is -1.56. The molecular weight excluding hydrogens is 164 g/mol. The Labute approximate surface area is 77.0 Å². The summed E-state index contributed by atoms with van der Waals surface area (Å²) >= 11 is 0. The summed E-state index contributed by atoms with van der Waals surface area (Å²) in [6.07, 6.45) is 3.19. The maximum atomic E-state index is 8.81. The van der Waals surface area contributed by atoms with Gasteiger partial charge in [0.15, 0.2) is 0 Å². The van der Waals surface area contributed by atoms with Gasteiger partial charge in [0.2, 0.25) is 5.88 Å². The molecule has 13 heavy (non-hydrogen) atoms. The van der Waals surface area contributed by atoms with Gasteiger partial charge in [-0.25, -0.2) is 4.98 Å². The molecule has 0 aliphatic heterocycles. The van der Waals surface area contributed by atoms with Crippen LogP contribution in [-0.2, 0) is 12.8 Å². The molecule has 1 aliphatic rings. The molecule has 0 amide bonds. The Morgan fingerprint density at radius 3 is 3.08 bits per heavy atom. The van der Waals surface area contributed by atoms with Gasteiger partial charge in [-0.2, -0.15) is 5.26 Å². The van der Waals surface area contributed by atoms with Crippen LogP contribution in [0.5, 0.6) is 5.88 Å². The summed E-state index contributed by atoms with van der Waals surface area (Å²) in [4.78, 5) is 4.30. The van der Waals surface area contributed by atoms with E-state index in [0.717, 1.165) is 25.0 Å².